The van der Waals surface area contributed by atoms with Crippen molar-refractivity contribution in [1.82, 2.24) is 19.7 Å². The van der Waals surface area contributed by atoms with Crippen LogP contribution in [0, 0.1) is 0 Å². The second kappa shape index (κ2) is 7.32. The summed E-state index contributed by atoms with van der Waals surface area (Å²) in [5.41, 5.74) is 2.19. The maximum atomic E-state index is 5.62. The van der Waals surface area contributed by atoms with Crippen molar-refractivity contribution >= 4 is 23.1 Å². The minimum absolute atomic E-state index is 0.563. The van der Waals surface area contributed by atoms with Gasteiger partial charge in [-0.15, -0.1) is 21.5 Å². The van der Waals surface area contributed by atoms with Crippen LogP contribution >= 0.6 is 23.1 Å². The first-order chi connectivity index (χ1) is 13.4. The van der Waals surface area contributed by atoms with Crippen LogP contribution < -0.4 is 0 Å². The molecule has 3 aromatic heterocycles. The molecule has 3 heterocycles. The van der Waals surface area contributed by atoms with E-state index in [1.54, 1.807) is 29.4 Å². The fourth-order valence-electron chi connectivity index (χ4n) is 2.99. The number of rotatable bonds is 7. The second-order valence-electron chi connectivity index (χ2n) is 6.60. The molecule has 0 unspecified atom stereocenters. The van der Waals surface area contributed by atoms with E-state index < -0.39 is 0 Å². The summed E-state index contributed by atoms with van der Waals surface area (Å²) in [4.78, 5) is 5.65. The van der Waals surface area contributed by atoms with Crippen LogP contribution in [0.1, 0.15) is 35.8 Å². The first kappa shape index (κ1) is 16.8. The lowest BCUT2D eigenvalue weighted by molar-refractivity contribution is 0.575. The Kier molecular flexibility index (Phi) is 4.55. The van der Waals surface area contributed by atoms with Crippen molar-refractivity contribution in [3.63, 3.8) is 0 Å². The van der Waals surface area contributed by atoms with Gasteiger partial charge in [0.25, 0.3) is 0 Å². The average molecular weight is 395 g/mol. The molecule has 136 valence electrons. The molecule has 1 fully saturated rings. The van der Waals surface area contributed by atoms with Gasteiger partial charge in [-0.1, -0.05) is 48.2 Å². The van der Waals surface area contributed by atoms with Crippen molar-refractivity contribution in [2.24, 2.45) is 0 Å². The molecule has 1 aromatic carbocycles. The van der Waals surface area contributed by atoms with E-state index in [0.29, 0.717) is 17.6 Å². The number of hydrogen-bond donors (Lipinski definition) is 0. The van der Waals surface area contributed by atoms with Crippen molar-refractivity contribution in [2.45, 2.75) is 36.2 Å². The van der Waals surface area contributed by atoms with Crippen LogP contribution in [0.3, 0.4) is 0 Å². The highest BCUT2D eigenvalue weighted by atomic mass is 32.2. The van der Waals surface area contributed by atoms with Gasteiger partial charge < -0.3 is 8.98 Å². The molecule has 0 spiro atoms. The largest absolute Gasteiger partial charge is 0.444 e. The summed E-state index contributed by atoms with van der Waals surface area (Å²) in [6.07, 6.45) is 4.16. The summed E-state index contributed by atoms with van der Waals surface area (Å²) >= 11 is 3.30. The zero-order valence-electron chi connectivity index (χ0n) is 14.6. The van der Waals surface area contributed by atoms with Gasteiger partial charge in [0, 0.05) is 11.7 Å². The number of oxazole rings is 1. The van der Waals surface area contributed by atoms with Gasteiger partial charge >= 0.3 is 0 Å². The molecule has 1 aliphatic carbocycles. The van der Waals surface area contributed by atoms with Crippen LogP contribution in [0.2, 0.25) is 0 Å². The van der Waals surface area contributed by atoms with Crippen molar-refractivity contribution in [3.05, 3.63) is 71.2 Å². The van der Waals surface area contributed by atoms with Crippen LogP contribution in [0.25, 0.3) is 10.8 Å². The van der Waals surface area contributed by atoms with E-state index in [1.165, 1.54) is 18.4 Å². The lowest BCUT2D eigenvalue weighted by atomic mass is 10.2. The number of nitrogens with zero attached hydrogens (tertiary/aromatic N) is 4. The Balaban J connectivity index is 1.34. The third-order valence-electron chi connectivity index (χ3n) is 4.50. The van der Waals surface area contributed by atoms with E-state index in [4.69, 9.17) is 4.42 Å². The molecule has 0 radical (unpaired) electrons. The molecule has 0 bridgehead atoms. The van der Waals surface area contributed by atoms with Gasteiger partial charge in [-0.3, -0.25) is 0 Å². The van der Waals surface area contributed by atoms with E-state index in [0.717, 1.165) is 28.1 Å². The first-order valence-electron chi connectivity index (χ1n) is 8.95. The molecule has 5 rings (SSSR count). The molecular weight excluding hydrogens is 376 g/mol. The molecule has 0 saturated heterocycles. The third-order valence-corrected chi connectivity index (χ3v) is 6.36. The predicted octanol–water partition coefficient (Wildman–Crippen LogP) is 5.21. The summed E-state index contributed by atoms with van der Waals surface area (Å²) in [7, 11) is 0. The van der Waals surface area contributed by atoms with E-state index in [1.807, 2.05) is 23.6 Å². The highest BCUT2D eigenvalue weighted by Crippen LogP contribution is 2.40. The first-order valence-corrected chi connectivity index (χ1v) is 10.8. The van der Waals surface area contributed by atoms with Gasteiger partial charge in [0.05, 0.1) is 17.1 Å². The Bertz CT molecular complexity index is 1020. The summed E-state index contributed by atoms with van der Waals surface area (Å²) in [6, 6.07) is 14.5. The van der Waals surface area contributed by atoms with E-state index in [-0.39, 0.29) is 0 Å². The van der Waals surface area contributed by atoms with Crippen molar-refractivity contribution in [3.8, 4) is 10.8 Å². The lowest BCUT2D eigenvalue weighted by Gasteiger charge is -2.09. The SMILES string of the molecule is c1ccc(Cn2c(SCc3coc(-c4cccs4)n3)nnc2C2CC2)cc1. The summed E-state index contributed by atoms with van der Waals surface area (Å²) in [5, 5.41) is 11.9. The Labute approximate surface area is 165 Å². The van der Waals surface area contributed by atoms with Crippen LogP contribution in [0.4, 0.5) is 0 Å². The Morgan fingerprint density at radius 3 is 2.78 bits per heavy atom. The summed E-state index contributed by atoms with van der Waals surface area (Å²) < 4.78 is 7.88. The number of thioether (sulfide) groups is 1. The van der Waals surface area contributed by atoms with Gasteiger partial charge in [0.2, 0.25) is 5.89 Å². The molecule has 1 saturated carbocycles. The number of benzene rings is 1. The van der Waals surface area contributed by atoms with Crippen LogP contribution in [0.15, 0.2) is 63.7 Å². The summed E-state index contributed by atoms with van der Waals surface area (Å²) in [5.74, 6) is 3.07. The molecule has 0 N–H and O–H groups in total. The van der Waals surface area contributed by atoms with Crippen molar-refractivity contribution < 1.29 is 4.42 Å². The van der Waals surface area contributed by atoms with E-state index in [2.05, 4.69) is 44.0 Å². The second-order valence-corrected chi connectivity index (χ2v) is 8.49. The molecule has 4 aromatic rings. The number of thiophene rings is 1. The molecular formula is C20H18N4OS2. The predicted molar refractivity (Wildman–Crippen MR) is 107 cm³/mol. The van der Waals surface area contributed by atoms with Gasteiger partial charge in [0.1, 0.15) is 12.1 Å². The topological polar surface area (TPSA) is 56.7 Å². The monoisotopic (exact) mass is 394 g/mol. The molecule has 0 aliphatic heterocycles. The van der Waals surface area contributed by atoms with Crippen molar-refractivity contribution in [2.75, 3.05) is 0 Å². The van der Waals surface area contributed by atoms with Crippen LogP contribution in [-0.2, 0) is 12.3 Å². The van der Waals surface area contributed by atoms with E-state index >= 15 is 0 Å². The van der Waals surface area contributed by atoms with Gasteiger partial charge in [-0.25, -0.2) is 4.98 Å². The molecule has 5 nitrogen and oxygen atoms in total. The van der Waals surface area contributed by atoms with Crippen molar-refractivity contribution in [1.29, 1.82) is 0 Å². The maximum Gasteiger partial charge on any atom is 0.236 e. The molecule has 0 amide bonds. The molecule has 0 atom stereocenters. The molecule has 27 heavy (non-hydrogen) atoms. The zero-order chi connectivity index (χ0) is 18.1. The molecule has 1 aliphatic rings. The summed E-state index contributed by atoms with van der Waals surface area (Å²) in [6.45, 7) is 0.807. The normalized spacial score (nSPS) is 13.9. The van der Waals surface area contributed by atoms with Crippen LogP contribution in [-0.4, -0.2) is 19.7 Å². The van der Waals surface area contributed by atoms with Crippen LogP contribution in [0.5, 0.6) is 0 Å². The standard InChI is InChI=1S/C20H18N4OS2/c1-2-5-14(6-3-1)11-24-18(15-8-9-15)22-23-20(24)27-13-16-12-25-19(21-16)17-7-4-10-26-17/h1-7,10,12,15H,8-9,11,13H2. The fraction of sp³-hybridized carbons (Fsp3) is 0.250. The van der Waals surface area contributed by atoms with Gasteiger partial charge in [-0.2, -0.15) is 0 Å². The minimum atomic E-state index is 0.563. The Hall–Kier alpha value is -2.38. The smallest absolute Gasteiger partial charge is 0.236 e. The zero-order valence-corrected chi connectivity index (χ0v) is 16.2. The highest BCUT2D eigenvalue weighted by Gasteiger charge is 2.30. The van der Waals surface area contributed by atoms with Gasteiger partial charge in [-0.05, 0) is 29.9 Å². The Morgan fingerprint density at radius 2 is 2.00 bits per heavy atom. The average Bonchev–Trinajstić information content (AvgIpc) is 3.11. The van der Waals surface area contributed by atoms with E-state index in [9.17, 15) is 0 Å². The third kappa shape index (κ3) is 3.70. The quantitative estimate of drug-likeness (QED) is 0.403. The lowest BCUT2D eigenvalue weighted by Crippen LogP contribution is -2.06. The Morgan fingerprint density at radius 1 is 1.11 bits per heavy atom. The highest BCUT2D eigenvalue weighted by molar-refractivity contribution is 7.98. The van der Waals surface area contributed by atoms with Gasteiger partial charge in [0.15, 0.2) is 5.16 Å². The number of aromatic nitrogens is 4. The fourth-order valence-corrected chi connectivity index (χ4v) is 4.47. The molecule has 7 heteroatoms. The number of hydrogen-bond acceptors (Lipinski definition) is 6. The maximum absolute atomic E-state index is 5.62. The minimum Gasteiger partial charge on any atom is -0.444 e.